The number of rotatable bonds is 7. The maximum atomic E-state index is 14.6. The maximum absolute atomic E-state index is 14.6. The number of aromatic nitrogens is 2. The summed E-state index contributed by atoms with van der Waals surface area (Å²) in [5, 5.41) is 4.14. The number of pyridine rings is 1. The first-order valence-electron chi connectivity index (χ1n) is 15.6. The summed E-state index contributed by atoms with van der Waals surface area (Å²) in [6.45, 7) is 14.3. The zero-order valence-electron chi connectivity index (χ0n) is 26.4. The number of Topliss-reactive ketones (excluding diaryl/α,β-unsaturated/α-hetero) is 1. The molecule has 0 spiro atoms. The first-order valence-corrected chi connectivity index (χ1v) is 15.6. The van der Waals surface area contributed by atoms with Gasteiger partial charge in [-0.25, -0.2) is 4.39 Å². The lowest BCUT2D eigenvalue weighted by atomic mass is 9.84. The van der Waals surface area contributed by atoms with Gasteiger partial charge >= 0.3 is 0 Å². The summed E-state index contributed by atoms with van der Waals surface area (Å²) < 4.78 is 16.5. The van der Waals surface area contributed by atoms with Crippen LogP contribution in [-0.4, -0.2) is 73.7 Å². The van der Waals surface area contributed by atoms with Crippen molar-refractivity contribution in [2.75, 3.05) is 6.54 Å². The summed E-state index contributed by atoms with van der Waals surface area (Å²) >= 11 is 0. The molecule has 2 saturated heterocycles. The Bertz CT molecular complexity index is 1540. The predicted molar refractivity (Wildman–Crippen MR) is 166 cm³/mol. The number of piperidine rings is 1. The summed E-state index contributed by atoms with van der Waals surface area (Å²) in [6.07, 6.45) is 6.37. The van der Waals surface area contributed by atoms with Gasteiger partial charge in [-0.15, -0.1) is 0 Å². The molecule has 4 heterocycles. The van der Waals surface area contributed by atoms with Crippen molar-refractivity contribution in [3.8, 4) is 5.69 Å². The van der Waals surface area contributed by atoms with E-state index in [4.69, 9.17) is 0 Å². The van der Waals surface area contributed by atoms with Crippen LogP contribution < -0.4 is 5.32 Å². The summed E-state index contributed by atoms with van der Waals surface area (Å²) in [5.41, 5.74) is 2.71. The van der Waals surface area contributed by atoms with Crippen LogP contribution in [0.2, 0.25) is 0 Å². The van der Waals surface area contributed by atoms with Crippen molar-refractivity contribution in [2.24, 2.45) is 5.92 Å². The van der Waals surface area contributed by atoms with E-state index < -0.39 is 5.82 Å². The van der Waals surface area contributed by atoms with Crippen LogP contribution in [0.4, 0.5) is 4.39 Å². The summed E-state index contributed by atoms with van der Waals surface area (Å²) in [7, 11) is 0. The number of nitrogens with one attached hydrogen (secondary N) is 1. The van der Waals surface area contributed by atoms with Crippen molar-refractivity contribution >= 4 is 28.5 Å². The molecule has 1 N–H and O–H groups in total. The van der Waals surface area contributed by atoms with Crippen LogP contribution >= 0.6 is 0 Å². The van der Waals surface area contributed by atoms with E-state index in [1.165, 1.54) is 12.1 Å². The summed E-state index contributed by atoms with van der Waals surface area (Å²) in [6, 6.07) is 6.05. The number of hydrogen-bond acceptors (Lipinski definition) is 5. The van der Waals surface area contributed by atoms with Crippen molar-refractivity contribution in [1.29, 1.82) is 0 Å². The van der Waals surface area contributed by atoms with Crippen molar-refractivity contribution in [3.05, 3.63) is 59.3 Å². The Morgan fingerprint density at radius 2 is 1.77 bits per heavy atom. The third-order valence-electron chi connectivity index (χ3n) is 9.23. The zero-order chi connectivity index (χ0) is 31.2. The number of amides is 2. The third-order valence-corrected chi connectivity index (χ3v) is 9.23. The number of carbonyl (C=O) groups excluding carboxylic acids is 3. The summed E-state index contributed by atoms with van der Waals surface area (Å²) in [5.74, 6) is -0.853. The fourth-order valence-electron chi connectivity index (χ4n) is 7.23. The Hall–Kier alpha value is -3.59. The van der Waals surface area contributed by atoms with E-state index in [0.29, 0.717) is 47.9 Å². The molecule has 4 atom stereocenters. The van der Waals surface area contributed by atoms with Gasteiger partial charge in [-0.1, -0.05) is 0 Å². The first-order chi connectivity index (χ1) is 20.4. The molecular weight excluding hydrogens is 545 g/mol. The number of likely N-dealkylation sites (tertiary alicyclic amines) is 1. The van der Waals surface area contributed by atoms with E-state index in [-0.39, 0.29) is 53.2 Å². The Kier molecular flexibility index (Phi) is 8.75. The SMILES string of the molecule is Cc1c(C(=O)[C@@H]2CCN(C(=O)[C@@H]3CC[C@H](C)N3)[C@@H](C)C2)c2ccncc2n1-c1ccc(F)cc1C(=O)N(C(C)C)C(C)C. The van der Waals surface area contributed by atoms with Gasteiger partial charge in [-0.2, -0.15) is 0 Å². The molecule has 9 heteroatoms. The second-order valence-corrected chi connectivity index (χ2v) is 12.9. The van der Waals surface area contributed by atoms with Gasteiger partial charge in [0.1, 0.15) is 5.82 Å². The minimum absolute atomic E-state index is 0.0278. The number of fused-ring (bicyclic) bond motifs is 1. The highest BCUT2D eigenvalue weighted by molar-refractivity contribution is 6.11. The van der Waals surface area contributed by atoms with E-state index in [1.807, 2.05) is 57.1 Å². The average molecular weight is 590 g/mol. The van der Waals surface area contributed by atoms with Gasteiger partial charge in [-0.3, -0.25) is 19.4 Å². The van der Waals surface area contributed by atoms with Crippen molar-refractivity contribution in [3.63, 3.8) is 0 Å². The second-order valence-electron chi connectivity index (χ2n) is 12.9. The molecule has 8 nitrogen and oxygen atoms in total. The Morgan fingerprint density at radius 1 is 1.05 bits per heavy atom. The van der Waals surface area contributed by atoms with Crippen LogP contribution in [-0.2, 0) is 4.79 Å². The van der Waals surface area contributed by atoms with Crippen LogP contribution in [0.5, 0.6) is 0 Å². The molecule has 1 aromatic carbocycles. The predicted octanol–water partition coefficient (Wildman–Crippen LogP) is 5.68. The Labute approximate surface area is 253 Å². The fraction of sp³-hybridized carbons (Fsp3) is 0.529. The average Bonchev–Trinajstić information content (AvgIpc) is 3.52. The van der Waals surface area contributed by atoms with Crippen molar-refractivity contribution in [2.45, 2.75) is 104 Å². The van der Waals surface area contributed by atoms with E-state index in [1.54, 1.807) is 23.4 Å². The number of benzene rings is 1. The van der Waals surface area contributed by atoms with Gasteiger partial charge < -0.3 is 19.7 Å². The normalized spacial score (nSPS) is 22.5. The molecule has 2 aromatic heterocycles. The molecular formula is C34H44FN5O3. The number of hydrogen-bond donors (Lipinski definition) is 1. The molecule has 0 bridgehead atoms. The zero-order valence-corrected chi connectivity index (χ0v) is 26.4. The van der Waals surface area contributed by atoms with Crippen LogP contribution in [0.25, 0.3) is 16.6 Å². The molecule has 43 heavy (non-hydrogen) atoms. The molecule has 5 rings (SSSR count). The highest BCUT2D eigenvalue weighted by Gasteiger charge is 2.38. The van der Waals surface area contributed by atoms with Gasteiger partial charge in [0.2, 0.25) is 5.91 Å². The molecule has 2 fully saturated rings. The molecule has 0 aliphatic carbocycles. The lowest BCUT2D eigenvalue weighted by Crippen LogP contribution is -2.52. The highest BCUT2D eigenvalue weighted by atomic mass is 19.1. The second kappa shape index (κ2) is 12.2. The van der Waals surface area contributed by atoms with Gasteiger partial charge in [-0.05, 0) is 98.4 Å². The first kappa shape index (κ1) is 30.9. The van der Waals surface area contributed by atoms with Crippen molar-refractivity contribution in [1.82, 2.24) is 24.7 Å². The number of nitrogens with zero attached hydrogens (tertiary/aromatic N) is 4. The van der Waals surface area contributed by atoms with E-state index in [0.717, 1.165) is 18.2 Å². The number of ketones is 1. The fourth-order valence-corrected chi connectivity index (χ4v) is 7.23. The van der Waals surface area contributed by atoms with Crippen LogP contribution in [0.15, 0.2) is 36.7 Å². The van der Waals surface area contributed by atoms with Gasteiger partial charge in [0, 0.05) is 59.5 Å². The molecule has 2 amide bonds. The monoisotopic (exact) mass is 589 g/mol. The Balaban J connectivity index is 1.51. The minimum Gasteiger partial charge on any atom is -0.339 e. The molecule has 3 aromatic rings. The largest absolute Gasteiger partial charge is 0.339 e. The maximum Gasteiger partial charge on any atom is 0.256 e. The number of carbonyl (C=O) groups is 3. The molecule has 2 aliphatic rings. The van der Waals surface area contributed by atoms with E-state index in [9.17, 15) is 18.8 Å². The third kappa shape index (κ3) is 5.71. The molecule has 230 valence electrons. The standard InChI is InChI=1S/C34H44FN5O3/c1-19(2)39(20(3)4)33(42)27-17-25(35)9-11-29(27)40-23(7)31(26-12-14-36-18-30(26)40)32(41)24-13-15-38(22(6)16-24)34(43)28-10-8-21(5)37-28/h9,11-12,14,17-22,24,28,37H,8,10,13,15-16H2,1-7H3/t21-,22-,24+,28-/m0/s1. The number of halogens is 1. The molecule has 0 radical (unpaired) electrons. The van der Waals surface area contributed by atoms with Crippen molar-refractivity contribution < 1.29 is 18.8 Å². The molecule has 2 aliphatic heterocycles. The highest BCUT2D eigenvalue weighted by Crippen LogP contribution is 2.35. The van der Waals surface area contributed by atoms with Crippen LogP contribution in [0, 0.1) is 18.7 Å². The minimum atomic E-state index is -0.499. The topological polar surface area (TPSA) is 87.5 Å². The quantitative estimate of drug-likeness (QED) is 0.358. The smallest absolute Gasteiger partial charge is 0.256 e. The van der Waals surface area contributed by atoms with Gasteiger partial charge in [0.25, 0.3) is 5.91 Å². The molecule has 0 unspecified atom stereocenters. The van der Waals surface area contributed by atoms with Gasteiger partial charge in [0.15, 0.2) is 5.78 Å². The Morgan fingerprint density at radius 3 is 2.40 bits per heavy atom. The van der Waals surface area contributed by atoms with E-state index >= 15 is 0 Å². The van der Waals surface area contributed by atoms with E-state index in [2.05, 4.69) is 17.2 Å². The van der Waals surface area contributed by atoms with Crippen LogP contribution in [0.1, 0.15) is 93.6 Å². The van der Waals surface area contributed by atoms with Crippen LogP contribution in [0.3, 0.4) is 0 Å². The lowest BCUT2D eigenvalue weighted by molar-refractivity contribution is -0.136. The summed E-state index contributed by atoms with van der Waals surface area (Å²) in [4.78, 5) is 49.4. The van der Waals surface area contributed by atoms with Gasteiger partial charge in [0.05, 0.1) is 29.0 Å². The molecule has 0 saturated carbocycles. The lowest BCUT2D eigenvalue weighted by Gasteiger charge is -2.38.